The average molecular weight is 350 g/mol. The van der Waals surface area contributed by atoms with Crippen LogP contribution in [0, 0.1) is 0 Å². The highest BCUT2D eigenvalue weighted by Crippen LogP contribution is 2.47. The lowest BCUT2D eigenvalue weighted by Gasteiger charge is -2.30. The first-order chi connectivity index (χ1) is 11.4. The second-order valence-corrected chi connectivity index (χ2v) is 7.92. The van der Waals surface area contributed by atoms with Gasteiger partial charge in [0, 0.05) is 17.7 Å². The van der Waals surface area contributed by atoms with Crippen molar-refractivity contribution in [2.75, 3.05) is 12.9 Å². The number of hydrogen-bond acceptors (Lipinski definition) is 5. The van der Waals surface area contributed by atoms with Gasteiger partial charge in [0.25, 0.3) is 0 Å². The van der Waals surface area contributed by atoms with Crippen molar-refractivity contribution in [2.24, 2.45) is 0 Å². The van der Waals surface area contributed by atoms with E-state index in [-0.39, 0.29) is 28.5 Å². The minimum absolute atomic E-state index is 0.0412. The number of amides is 2. The molecule has 2 heterocycles. The Bertz CT molecular complexity index is 681. The number of nitrogens with zero attached hydrogens (tertiary/aromatic N) is 1. The first-order valence-electron chi connectivity index (χ1n) is 7.99. The van der Waals surface area contributed by atoms with Crippen LogP contribution in [0.4, 0.5) is 0 Å². The van der Waals surface area contributed by atoms with Crippen LogP contribution in [-0.4, -0.2) is 45.6 Å². The molecule has 2 N–H and O–H groups in total. The van der Waals surface area contributed by atoms with E-state index in [2.05, 4.69) is 5.32 Å². The molecule has 2 aliphatic heterocycles. The number of carbonyl (C=O) groups excluding carboxylic acids is 2. The summed E-state index contributed by atoms with van der Waals surface area (Å²) in [5.41, 5.74) is 0.587. The van der Waals surface area contributed by atoms with Gasteiger partial charge in [-0.2, -0.15) is 0 Å². The number of rotatable bonds is 4. The predicted octanol–water partition coefficient (Wildman–Crippen LogP) is 2.03. The predicted molar refractivity (Wildman–Crippen MR) is 91.9 cm³/mol. The molecule has 130 valence electrons. The molecule has 0 aromatic heterocycles. The van der Waals surface area contributed by atoms with E-state index < -0.39 is 6.04 Å². The van der Waals surface area contributed by atoms with E-state index in [1.54, 1.807) is 48.9 Å². The van der Waals surface area contributed by atoms with Crippen LogP contribution < -0.4 is 10.1 Å². The standard InChI is InChI=1S/C17H22N2O4S/c1-10(12-8-11(23-3)4-5-14(12)20)18-16(22)13-9-24-17(2)7-6-15(21)19(13)17/h4-5,8,10,13,20H,6-7,9H2,1-3H3,(H,18,22)/t10-,13+,17-/m0/s1. The fourth-order valence-corrected chi connectivity index (χ4v) is 4.84. The minimum Gasteiger partial charge on any atom is -0.508 e. The summed E-state index contributed by atoms with van der Waals surface area (Å²) in [7, 11) is 1.55. The summed E-state index contributed by atoms with van der Waals surface area (Å²) in [6.07, 6.45) is 1.28. The van der Waals surface area contributed by atoms with E-state index in [4.69, 9.17) is 4.74 Å². The molecular formula is C17H22N2O4S. The Kier molecular flexibility index (Phi) is 4.38. The maximum atomic E-state index is 12.7. The van der Waals surface area contributed by atoms with Crippen LogP contribution >= 0.6 is 11.8 Å². The minimum atomic E-state index is -0.454. The van der Waals surface area contributed by atoms with Crippen molar-refractivity contribution in [3.8, 4) is 11.5 Å². The number of phenolic OH excluding ortho intramolecular Hbond substituents is 1. The van der Waals surface area contributed by atoms with Crippen molar-refractivity contribution < 1.29 is 19.4 Å². The number of benzene rings is 1. The van der Waals surface area contributed by atoms with Crippen molar-refractivity contribution in [2.45, 2.75) is 43.6 Å². The molecule has 0 saturated carbocycles. The smallest absolute Gasteiger partial charge is 0.244 e. The highest BCUT2D eigenvalue weighted by atomic mass is 32.2. The molecule has 0 aliphatic carbocycles. The third-order valence-electron chi connectivity index (χ3n) is 4.81. The van der Waals surface area contributed by atoms with Crippen LogP contribution in [0.5, 0.6) is 11.5 Å². The molecule has 0 spiro atoms. The van der Waals surface area contributed by atoms with E-state index >= 15 is 0 Å². The molecule has 3 atom stereocenters. The highest BCUT2D eigenvalue weighted by molar-refractivity contribution is 8.01. The van der Waals surface area contributed by atoms with Crippen molar-refractivity contribution in [1.29, 1.82) is 0 Å². The van der Waals surface area contributed by atoms with Gasteiger partial charge >= 0.3 is 0 Å². The summed E-state index contributed by atoms with van der Waals surface area (Å²) >= 11 is 1.66. The fraction of sp³-hybridized carbons (Fsp3) is 0.529. The molecule has 7 heteroatoms. The molecule has 0 bridgehead atoms. The zero-order chi connectivity index (χ0) is 17.5. The molecule has 3 rings (SSSR count). The topological polar surface area (TPSA) is 78.9 Å². The Hall–Kier alpha value is -1.89. The maximum absolute atomic E-state index is 12.7. The van der Waals surface area contributed by atoms with Gasteiger partial charge in [0.05, 0.1) is 18.0 Å². The van der Waals surface area contributed by atoms with E-state index in [9.17, 15) is 14.7 Å². The van der Waals surface area contributed by atoms with Crippen molar-refractivity contribution in [3.05, 3.63) is 23.8 Å². The normalized spacial score (nSPS) is 27.0. The summed E-state index contributed by atoms with van der Waals surface area (Å²) in [6, 6.07) is 4.07. The Morgan fingerprint density at radius 3 is 3.00 bits per heavy atom. The van der Waals surface area contributed by atoms with E-state index in [1.165, 1.54) is 0 Å². The summed E-state index contributed by atoms with van der Waals surface area (Å²) < 4.78 is 5.17. The number of nitrogens with one attached hydrogen (secondary N) is 1. The monoisotopic (exact) mass is 350 g/mol. The second kappa shape index (κ2) is 6.20. The number of thioether (sulfide) groups is 1. The van der Waals surface area contributed by atoms with E-state index in [1.807, 2.05) is 6.92 Å². The second-order valence-electron chi connectivity index (χ2n) is 6.42. The van der Waals surface area contributed by atoms with Crippen LogP contribution in [0.2, 0.25) is 0 Å². The number of aromatic hydroxyl groups is 1. The fourth-order valence-electron chi connectivity index (χ4n) is 3.41. The first-order valence-corrected chi connectivity index (χ1v) is 8.97. The first kappa shape index (κ1) is 17.0. The van der Waals surface area contributed by atoms with E-state index in [0.717, 1.165) is 6.42 Å². The SMILES string of the molecule is COc1ccc(O)c([C@H](C)NC(=O)[C@H]2CS[C@@]3(C)CCC(=O)N23)c1. The summed E-state index contributed by atoms with van der Waals surface area (Å²) in [4.78, 5) is 26.3. The number of fused-ring (bicyclic) bond motifs is 1. The summed E-state index contributed by atoms with van der Waals surface area (Å²) in [5, 5.41) is 13.0. The third-order valence-corrected chi connectivity index (χ3v) is 6.31. The molecule has 0 unspecified atom stereocenters. The Morgan fingerprint density at radius 2 is 2.29 bits per heavy atom. The number of methoxy groups -OCH3 is 1. The molecule has 2 aliphatic rings. The van der Waals surface area contributed by atoms with Gasteiger partial charge in [-0.25, -0.2) is 0 Å². The molecular weight excluding hydrogens is 328 g/mol. The van der Waals surface area contributed by atoms with Crippen LogP contribution in [-0.2, 0) is 9.59 Å². The molecule has 0 radical (unpaired) electrons. The van der Waals surface area contributed by atoms with Gasteiger partial charge in [-0.15, -0.1) is 11.8 Å². The number of phenols is 1. The van der Waals surface area contributed by atoms with Gasteiger partial charge in [0.1, 0.15) is 17.5 Å². The molecule has 2 amide bonds. The quantitative estimate of drug-likeness (QED) is 0.869. The molecule has 24 heavy (non-hydrogen) atoms. The van der Waals surface area contributed by atoms with Crippen LogP contribution in [0.1, 0.15) is 38.3 Å². The van der Waals surface area contributed by atoms with Gasteiger partial charge in [-0.1, -0.05) is 0 Å². The summed E-state index contributed by atoms with van der Waals surface area (Å²) in [6.45, 7) is 3.83. The van der Waals surface area contributed by atoms with Crippen LogP contribution in [0.15, 0.2) is 18.2 Å². The Balaban J connectivity index is 1.74. The van der Waals surface area contributed by atoms with E-state index in [0.29, 0.717) is 23.5 Å². The van der Waals surface area contributed by atoms with Crippen LogP contribution in [0.25, 0.3) is 0 Å². The van der Waals surface area contributed by atoms with Gasteiger partial charge in [0.15, 0.2) is 0 Å². The van der Waals surface area contributed by atoms with Crippen LogP contribution in [0.3, 0.4) is 0 Å². The summed E-state index contributed by atoms with van der Waals surface area (Å²) in [5.74, 6) is 1.18. The molecule has 1 aromatic rings. The number of carbonyl (C=O) groups is 2. The van der Waals surface area contributed by atoms with Crippen molar-refractivity contribution in [1.82, 2.24) is 10.2 Å². The molecule has 2 fully saturated rings. The van der Waals surface area contributed by atoms with Gasteiger partial charge in [0.2, 0.25) is 11.8 Å². The molecule has 2 saturated heterocycles. The van der Waals surface area contributed by atoms with Gasteiger partial charge in [-0.3, -0.25) is 9.59 Å². The van der Waals surface area contributed by atoms with Crippen molar-refractivity contribution in [3.63, 3.8) is 0 Å². The largest absolute Gasteiger partial charge is 0.508 e. The van der Waals surface area contributed by atoms with Gasteiger partial charge < -0.3 is 20.1 Å². The average Bonchev–Trinajstić information content (AvgIpc) is 3.04. The lowest BCUT2D eigenvalue weighted by molar-refractivity contribution is -0.138. The van der Waals surface area contributed by atoms with Gasteiger partial charge in [-0.05, 0) is 38.5 Å². The zero-order valence-electron chi connectivity index (χ0n) is 14.0. The number of hydrogen-bond donors (Lipinski definition) is 2. The highest BCUT2D eigenvalue weighted by Gasteiger charge is 2.52. The third kappa shape index (κ3) is 2.81. The Labute approximate surface area is 145 Å². The zero-order valence-corrected chi connectivity index (χ0v) is 14.9. The van der Waals surface area contributed by atoms with Crippen molar-refractivity contribution >= 4 is 23.6 Å². The number of ether oxygens (including phenoxy) is 1. The lowest BCUT2D eigenvalue weighted by atomic mass is 10.1. The molecule has 6 nitrogen and oxygen atoms in total. The lowest BCUT2D eigenvalue weighted by Crippen LogP contribution is -2.50. The molecule has 1 aromatic carbocycles. The maximum Gasteiger partial charge on any atom is 0.244 e. The Morgan fingerprint density at radius 1 is 1.54 bits per heavy atom.